The zero-order valence-electron chi connectivity index (χ0n) is 14.8. The number of carbonyl (C=O) groups is 1. The second-order valence-corrected chi connectivity index (χ2v) is 8.11. The highest BCUT2D eigenvalue weighted by molar-refractivity contribution is 14.1. The van der Waals surface area contributed by atoms with Crippen LogP contribution in [0.5, 0.6) is 17.2 Å². The van der Waals surface area contributed by atoms with Crippen molar-refractivity contribution < 1.29 is 19.0 Å². The zero-order valence-corrected chi connectivity index (χ0v) is 17.8. The molecular formula is C19H20INO4S. The van der Waals surface area contributed by atoms with Gasteiger partial charge in [-0.1, -0.05) is 0 Å². The van der Waals surface area contributed by atoms with Gasteiger partial charge in [-0.05, 0) is 52.9 Å². The van der Waals surface area contributed by atoms with E-state index in [-0.39, 0.29) is 11.3 Å². The van der Waals surface area contributed by atoms with Crippen molar-refractivity contribution in [3.63, 3.8) is 0 Å². The molecule has 0 aromatic heterocycles. The molecule has 3 rings (SSSR count). The molecule has 1 unspecified atom stereocenters. The number of hydrogen-bond donors (Lipinski definition) is 0. The van der Waals surface area contributed by atoms with E-state index in [2.05, 4.69) is 22.6 Å². The van der Waals surface area contributed by atoms with Gasteiger partial charge in [0.15, 0.2) is 11.5 Å². The summed E-state index contributed by atoms with van der Waals surface area (Å²) in [5.74, 6) is 2.80. The minimum Gasteiger partial charge on any atom is -0.496 e. The van der Waals surface area contributed by atoms with E-state index in [0.717, 1.165) is 14.9 Å². The van der Waals surface area contributed by atoms with Crippen molar-refractivity contribution in [1.82, 2.24) is 4.90 Å². The van der Waals surface area contributed by atoms with Gasteiger partial charge in [-0.2, -0.15) is 0 Å². The Hall–Kier alpha value is -1.61. The molecule has 1 amide bonds. The fourth-order valence-electron chi connectivity index (χ4n) is 2.94. The lowest BCUT2D eigenvalue weighted by Crippen LogP contribution is -2.30. The van der Waals surface area contributed by atoms with Crippen LogP contribution >= 0.6 is 34.4 Å². The predicted octanol–water partition coefficient (Wildman–Crippen LogP) is 4.20. The van der Waals surface area contributed by atoms with Crippen LogP contribution < -0.4 is 14.2 Å². The topological polar surface area (TPSA) is 48.0 Å². The number of halogens is 1. The monoisotopic (exact) mass is 485 g/mol. The number of amides is 1. The maximum atomic E-state index is 13.0. The minimum atomic E-state index is -0.128. The van der Waals surface area contributed by atoms with Crippen LogP contribution in [0, 0.1) is 3.57 Å². The van der Waals surface area contributed by atoms with Crippen molar-refractivity contribution >= 4 is 40.3 Å². The highest BCUT2D eigenvalue weighted by Gasteiger charge is 2.34. The summed E-state index contributed by atoms with van der Waals surface area (Å²) in [6, 6.07) is 11.3. The molecule has 0 N–H and O–H groups in total. The molecule has 1 aliphatic rings. The number of nitrogens with zero attached hydrogens (tertiary/aromatic N) is 1. The van der Waals surface area contributed by atoms with Gasteiger partial charge >= 0.3 is 0 Å². The first-order valence-corrected chi connectivity index (χ1v) is 10.2. The summed E-state index contributed by atoms with van der Waals surface area (Å²) in [5, 5.41) is -0.128. The Morgan fingerprint density at radius 3 is 2.27 bits per heavy atom. The van der Waals surface area contributed by atoms with Crippen LogP contribution in [0.2, 0.25) is 0 Å². The summed E-state index contributed by atoms with van der Waals surface area (Å²) in [4.78, 5) is 14.9. The zero-order chi connectivity index (χ0) is 18.7. The fraction of sp³-hybridized carbons (Fsp3) is 0.316. The van der Waals surface area contributed by atoms with Crippen LogP contribution in [-0.4, -0.2) is 44.4 Å². The second-order valence-electron chi connectivity index (χ2n) is 5.68. The van der Waals surface area contributed by atoms with Gasteiger partial charge < -0.3 is 19.1 Å². The molecule has 0 radical (unpaired) electrons. The average Bonchev–Trinajstić information content (AvgIpc) is 3.16. The van der Waals surface area contributed by atoms with Gasteiger partial charge in [0, 0.05) is 33.1 Å². The van der Waals surface area contributed by atoms with Crippen LogP contribution in [0.3, 0.4) is 0 Å². The van der Waals surface area contributed by atoms with Gasteiger partial charge in [0.05, 0.1) is 21.3 Å². The Labute approximate surface area is 171 Å². The summed E-state index contributed by atoms with van der Waals surface area (Å²) in [6.45, 7) is 0.692. The van der Waals surface area contributed by atoms with E-state index in [9.17, 15) is 4.79 Å². The lowest BCUT2D eigenvalue weighted by atomic mass is 10.1. The molecule has 0 spiro atoms. The number of thioether (sulfide) groups is 1. The largest absolute Gasteiger partial charge is 0.496 e. The normalized spacial score (nSPS) is 16.5. The van der Waals surface area contributed by atoms with Crippen molar-refractivity contribution in [3.8, 4) is 17.2 Å². The van der Waals surface area contributed by atoms with Crippen molar-refractivity contribution in [2.24, 2.45) is 0 Å². The van der Waals surface area contributed by atoms with Gasteiger partial charge in [-0.3, -0.25) is 4.79 Å². The highest BCUT2D eigenvalue weighted by atomic mass is 127. The Kier molecular flexibility index (Phi) is 6.18. The molecule has 0 saturated carbocycles. The number of rotatable bonds is 5. The average molecular weight is 485 g/mol. The smallest absolute Gasteiger partial charge is 0.255 e. The van der Waals surface area contributed by atoms with Gasteiger partial charge in [0.2, 0.25) is 0 Å². The van der Waals surface area contributed by atoms with Crippen LogP contribution in [0.25, 0.3) is 0 Å². The van der Waals surface area contributed by atoms with Crippen molar-refractivity contribution in [2.75, 3.05) is 33.6 Å². The van der Waals surface area contributed by atoms with Crippen LogP contribution in [0.4, 0.5) is 0 Å². The lowest BCUT2D eigenvalue weighted by Gasteiger charge is -2.26. The number of benzene rings is 2. The fourth-order valence-corrected chi connectivity index (χ4v) is 4.57. The van der Waals surface area contributed by atoms with E-state index >= 15 is 0 Å². The number of methoxy groups -OCH3 is 3. The summed E-state index contributed by atoms with van der Waals surface area (Å²) in [7, 11) is 4.81. The highest BCUT2D eigenvalue weighted by Crippen LogP contribution is 2.46. The van der Waals surface area contributed by atoms with Gasteiger partial charge in [-0.15, -0.1) is 11.8 Å². The third kappa shape index (κ3) is 3.73. The predicted molar refractivity (Wildman–Crippen MR) is 111 cm³/mol. The van der Waals surface area contributed by atoms with Crippen molar-refractivity contribution in [3.05, 3.63) is 51.1 Å². The quantitative estimate of drug-likeness (QED) is 0.595. The maximum absolute atomic E-state index is 13.0. The third-order valence-electron chi connectivity index (χ3n) is 4.24. The SMILES string of the molecule is COc1cc(OC)c(C2SCCN2C(=O)c2ccc(I)cc2)cc1OC. The maximum Gasteiger partial charge on any atom is 0.255 e. The Morgan fingerprint density at radius 2 is 1.65 bits per heavy atom. The molecule has 26 heavy (non-hydrogen) atoms. The number of ether oxygens (including phenoxy) is 3. The molecule has 138 valence electrons. The first kappa shape index (κ1) is 19.2. The van der Waals surface area contributed by atoms with Gasteiger partial charge in [0.25, 0.3) is 5.91 Å². The first-order chi connectivity index (χ1) is 12.6. The standard InChI is InChI=1S/C19H20INO4S/c1-23-15-11-17(25-3)16(24-2)10-14(15)19-21(8-9-26-19)18(22)12-4-6-13(20)7-5-12/h4-7,10-11,19H,8-9H2,1-3H3. The van der Waals surface area contributed by atoms with Crippen LogP contribution in [0.15, 0.2) is 36.4 Å². The Balaban J connectivity index is 1.97. The second kappa shape index (κ2) is 8.39. The molecule has 1 atom stereocenters. The van der Waals surface area contributed by atoms with E-state index in [4.69, 9.17) is 14.2 Å². The number of carbonyl (C=O) groups excluding carboxylic acids is 1. The number of hydrogen-bond acceptors (Lipinski definition) is 5. The van der Waals surface area contributed by atoms with Gasteiger partial charge in [-0.25, -0.2) is 0 Å². The molecule has 0 bridgehead atoms. The molecule has 5 nitrogen and oxygen atoms in total. The first-order valence-electron chi connectivity index (χ1n) is 8.07. The summed E-state index contributed by atoms with van der Waals surface area (Å²) < 4.78 is 17.5. The molecule has 1 aliphatic heterocycles. The van der Waals surface area contributed by atoms with Gasteiger partial charge in [0.1, 0.15) is 11.1 Å². The Bertz CT molecular complexity index is 797. The van der Waals surface area contributed by atoms with Crippen LogP contribution in [0.1, 0.15) is 21.3 Å². The van der Waals surface area contributed by atoms with E-state index in [1.165, 1.54) is 0 Å². The molecule has 0 aliphatic carbocycles. The Morgan fingerprint density at radius 1 is 1.04 bits per heavy atom. The molecule has 1 saturated heterocycles. The summed E-state index contributed by atoms with van der Waals surface area (Å²) in [6.07, 6.45) is 0. The molecule has 2 aromatic rings. The van der Waals surface area contributed by atoms with Crippen molar-refractivity contribution in [1.29, 1.82) is 0 Å². The van der Waals surface area contributed by atoms with E-state index in [1.54, 1.807) is 39.2 Å². The lowest BCUT2D eigenvalue weighted by molar-refractivity contribution is 0.0759. The third-order valence-corrected chi connectivity index (χ3v) is 6.21. The molecular weight excluding hydrogens is 465 g/mol. The van der Waals surface area contributed by atoms with Crippen molar-refractivity contribution in [2.45, 2.75) is 5.37 Å². The van der Waals surface area contributed by atoms with E-state index in [0.29, 0.717) is 29.4 Å². The molecule has 7 heteroatoms. The molecule has 2 aromatic carbocycles. The summed E-state index contributed by atoms with van der Waals surface area (Å²) in [5.41, 5.74) is 1.60. The minimum absolute atomic E-state index is 0.0215. The van der Waals surface area contributed by atoms with E-state index < -0.39 is 0 Å². The van der Waals surface area contributed by atoms with Crippen LogP contribution in [-0.2, 0) is 0 Å². The summed E-state index contributed by atoms with van der Waals surface area (Å²) >= 11 is 3.95. The molecule has 1 fully saturated rings. The van der Waals surface area contributed by atoms with E-state index in [1.807, 2.05) is 35.2 Å². The molecule has 1 heterocycles.